The quantitative estimate of drug-likeness (QED) is 0.842. The predicted octanol–water partition coefficient (Wildman–Crippen LogP) is 3.66. The predicted molar refractivity (Wildman–Crippen MR) is 63.9 cm³/mol. The SMILES string of the molecule is N#Cc1scc(-c2c(F)cccc2Cl)c1N. The van der Waals surface area contributed by atoms with Crippen molar-refractivity contribution in [3.8, 4) is 17.2 Å². The molecule has 2 N–H and O–H groups in total. The molecular formula is C11H6ClFN2S. The molecule has 0 atom stereocenters. The van der Waals surface area contributed by atoms with Gasteiger partial charge in [-0.05, 0) is 12.1 Å². The van der Waals surface area contributed by atoms with Crippen molar-refractivity contribution < 1.29 is 4.39 Å². The second-order valence-corrected chi connectivity index (χ2v) is 4.39. The van der Waals surface area contributed by atoms with Gasteiger partial charge in [0.25, 0.3) is 0 Å². The van der Waals surface area contributed by atoms with Crippen LogP contribution < -0.4 is 5.73 Å². The number of hydrogen-bond acceptors (Lipinski definition) is 3. The Morgan fingerprint density at radius 2 is 2.19 bits per heavy atom. The number of nitrogen functional groups attached to an aromatic ring is 1. The molecule has 0 bridgehead atoms. The van der Waals surface area contributed by atoms with Gasteiger partial charge in [0.1, 0.15) is 16.8 Å². The zero-order valence-corrected chi connectivity index (χ0v) is 9.57. The summed E-state index contributed by atoms with van der Waals surface area (Å²) >= 11 is 7.09. The van der Waals surface area contributed by atoms with E-state index in [4.69, 9.17) is 22.6 Å². The number of nitriles is 1. The monoisotopic (exact) mass is 252 g/mol. The number of anilines is 1. The van der Waals surface area contributed by atoms with E-state index in [9.17, 15) is 4.39 Å². The standard InChI is InChI=1S/C11H6ClFN2S/c12-7-2-1-3-8(13)10(7)6-5-16-9(4-14)11(6)15/h1-3,5H,15H2. The number of rotatable bonds is 1. The van der Waals surface area contributed by atoms with Crippen LogP contribution in [0.4, 0.5) is 10.1 Å². The molecule has 0 aliphatic carbocycles. The molecule has 5 heteroatoms. The van der Waals surface area contributed by atoms with E-state index < -0.39 is 5.82 Å². The van der Waals surface area contributed by atoms with Gasteiger partial charge in [-0.1, -0.05) is 17.7 Å². The van der Waals surface area contributed by atoms with E-state index in [-0.39, 0.29) is 16.3 Å². The molecule has 0 spiro atoms. The van der Waals surface area contributed by atoms with Gasteiger partial charge >= 0.3 is 0 Å². The highest BCUT2D eigenvalue weighted by Crippen LogP contribution is 2.38. The smallest absolute Gasteiger partial charge is 0.132 e. The van der Waals surface area contributed by atoms with Gasteiger partial charge in [-0.15, -0.1) is 11.3 Å². The molecule has 0 aliphatic rings. The molecule has 16 heavy (non-hydrogen) atoms. The summed E-state index contributed by atoms with van der Waals surface area (Å²) in [6.07, 6.45) is 0. The van der Waals surface area contributed by atoms with Crippen molar-refractivity contribution in [1.82, 2.24) is 0 Å². The van der Waals surface area contributed by atoms with Crippen LogP contribution in [0, 0.1) is 17.1 Å². The Morgan fingerprint density at radius 3 is 2.75 bits per heavy atom. The first-order valence-corrected chi connectivity index (χ1v) is 5.62. The van der Waals surface area contributed by atoms with Gasteiger partial charge in [0, 0.05) is 16.5 Å². The van der Waals surface area contributed by atoms with Crippen LogP contribution in [0.15, 0.2) is 23.6 Å². The lowest BCUT2D eigenvalue weighted by Crippen LogP contribution is -1.91. The molecule has 0 aliphatic heterocycles. The summed E-state index contributed by atoms with van der Waals surface area (Å²) in [5.41, 5.74) is 6.75. The minimum absolute atomic E-state index is 0.249. The molecule has 1 aromatic heterocycles. The van der Waals surface area contributed by atoms with Gasteiger partial charge in [-0.25, -0.2) is 4.39 Å². The van der Waals surface area contributed by atoms with Gasteiger partial charge in [-0.3, -0.25) is 0 Å². The van der Waals surface area contributed by atoms with Crippen LogP contribution in [0.1, 0.15) is 4.88 Å². The lowest BCUT2D eigenvalue weighted by atomic mass is 10.1. The molecule has 80 valence electrons. The minimum Gasteiger partial charge on any atom is -0.396 e. The summed E-state index contributed by atoms with van der Waals surface area (Å²) in [7, 11) is 0. The van der Waals surface area contributed by atoms with E-state index in [0.29, 0.717) is 10.4 Å². The molecule has 0 fully saturated rings. The molecule has 0 amide bonds. The van der Waals surface area contributed by atoms with Crippen molar-refractivity contribution in [2.24, 2.45) is 0 Å². The summed E-state index contributed by atoms with van der Waals surface area (Å²) in [6.45, 7) is 0. The maximum atomic E-state index is 13.6. The van der Waals surface area contributed by atoms with Gasteiger partial charge in [-0.2, -0.15) is 5.26 Å². The van der Waals surface area contributed by atoms with Crippen LogP contribution in [-0.4, -0.2) is 0 Å². The Kier molecular flexibility index (Phi) is 2.82. The highest BCUT2D eigenvalue weighted by Gasteiger charge is 2.16. The zero-order valence-electron chi connectivity index (χ0n) is 8.00. The van der Waals surface area contributed by atoms with Crippen molar-refractivity contribution in [1.29, 1.82) is 5.26 Å². The molecule has 0 unspecified atom stereocenters. The van der Waals surface area contributed by atoms with E-state index in [2.05, 4.69) is 0 Å². The fourth-order valence-corrected chi connectivity index (χ4v) is 2.44. The lowest BCUT2D eigenvalue weighted by Gasteiger charge is -2.04. The third kappa shape index (κ3) is 1.64. The first-order chi connectivity index (χ1) is 7.65. The number of benzene rings is 1. The fraction of sp³-hybridized carbons (Fsp3) is 0. The number of halogens is 2. The molecule has 2 nitrogen and oxygen atoms in total. The topological polar surface area (TPSA) is 49.8 Å². The van der Waals surface area contributed by atoms with E-state index in [0.717, 1.165) is 0 Å². The second kappa shape index (κ2) is 4.12. The van der Waals surface area contributed by atoms with Gasteiger partial charge in [0.15, 0.2) is 0 Å². The number of thiophene rings is 1. The highest BCUT2D eigenvalue weighted by atomic mass is 35.5. The van der Waals surface area contributed by atoms with E-state index in [1.807, 2.05) is 6.07 Å². The zero-order chi connectivity index (χ0) is 11.7. The molecule has 0 saturated heterocycles. The molecule has 0 radical (unpaired) electrons. The Hall–Kier alpha value is -1.57. The summed E-state index contributed by atoms with van der Waals surface area (Å²) in [6, 6.07) is 6.37. The molecule has 1 heterocycles. The third-order valence-electron chi connectivity index (χ3n) is 2.16. The number of hydrogen-bond donors (Lipinski definition) is 1. The third-order valence-corrected chi connectivity index (χ3v) is 3.38. The molecule has 0 saturated carbocycles. The van der Waals surface area contributed by atoms with Crippen molar-refractivity contribution >= 4 is 28.6 Å². The second-order valence-electron chi connectivity index (χ2n) is 3.10. The van der Waals surface area contributed by atoms with E-state index >= 15 is 0 Å². The Labute approximate surface area is 101 Å². The average molecular weight is 253 g/mol. The number of nitrogens with zero attached hydrogens (tertiary/aromatic N) is 1. The maximum Gasteiger partial charge on any atom is 0.132 e. The Bertz CT molecular complexity index is 566. The molecule has 2 rings (SSSR count). The van der Waals surface area contributed by atoms with Crippen molar-refractivity contribution in [2.45, 2.75) is 0 Å². The largest absolute Gasteiger partial charge is 0.396 e. The van der Waals surface area contributed by atoms with E-state index in [1.54, 1.807) is 11.4 Å². The first-order valence-electron chi connectivity index (χ1n) is 4.36. The van der Waals surface area contributed by atoms with Gasteiger partial charge in [0.2, 0.25) is 0 Å². The fourth-order valence-electron chi connectivity index (χ4n) is 1.40. The lowest BCUT2D eigenvalue weighted by molar-refractivity contribution is 0.631. The van der Waals surface area contributed by atoms with Crippen LogP contribution >= 0.6 is 22.9 Å². The minimum atomic E-state index is -0.443. The van der Waals surface area contributed by atoms with Crippen LogP contribution in [0.5, 0.6) is 0 Å². The average Bonchev–Trinajstić information content (AvgIpc) is 2.60. The Morgan fingerprint density at radius 1 is 1.44 bits per heavy atom. The summed E-state index contributed by atoms with van der Waals surface area (Å²) in [5.74, 6) is -0.443. The van der Waals surface area contributed by atoms with E-state index in [1.165, 1.54) is 23.5 Å². The van der Waals surface area contributed by atoms with Crippen LogP contribution in [-0.2, 0) is 0 Å². The van der Waals surface area contributed by atoms with Crippen molar-refractivity contribution in [2.75, 3.05) is 5.73 Å². The summed E-state index contributed by atoms with van der Waals surface area (Å²) in [4.78, 5) is 0.370. The first kappa shape index (κ1) is 10.9. The summed E-state index contributed by atoms with van der Waals surface area (Å²) in [5, 5.41) is 10.7. The van der Waals surface area contributed by atoms with Crippen LogP contribution in [0.3, 0.4) is 0 Å². The molecular weight excluding hydrogens is 247 g/mol. The molecule has 1 aromatic carbocycles. The van der Waals surface area contributed by atoms with Crippen LogP contribution in [0.25, 0.3) is 11.1 Å². The summed E-state index contributed by atoms with van der Waals surface area (Å²) < 4.78 is 13.6. The van der Waals surface area contributed by atoms with Gasteiger partial charge < -0.3 is 5.73 Å². The normalized spacial score (nSPS) is 10.1. The van der Waals surface area contributed by atoms with Crippen molar-refractivity contribution in [3.63, 3.8) is 0 Å². The highest BCUT2D eigenvalue weighted by molar-refractivity contribution is 7.11. The van der Waals surface area contributed by atoms with Crippen LogP contribution in [0.2, 0.25) is 5.02 Å². The number of nitrogens with two attached hydrogens (primary N) is 1. The molecule has 2 aromatic rings. The Balaban J connectivity index is 2.69. The van der Waals surface area contributed by atoms with Crippen molar-refractivity contribution in [3.05, 3.63) is 39.3 Å². The van der Waals surface area contributed by atoms with Gasteiger partial charge in [0.05, 0.1) is 10.7 Å². The maximum absolute atomic E-state index is 13.6.